The fourth-order valence-electron chi connectivity index (χ4n) is 5.55. The molecule has 0 aromatic heterocycles. The van der Waals surface area contributed by atoms with E-state index in [1.807, 2.05) is 18.2 Å². The predicted molar refractivity (Wildman–Crippen MR) is 126 cm³/mol. The molecule has 2 amide bonds. The van der Waals surface area contributed by atoms with Crippen molar-refractivity contribution in [1.29, 1.82) is 0 Å². The highest BCUT2D eigenvalue weighted by Crippen LogP contribution is 2.45. The molecule has 0 bridgehead atoms. The number of alkyl halides is 2. The third kappa shape index (κ3) is 5.55. The molecule has 4 rings (SSSR count). The number of carbonyl (C=O) groups is 2. The molecule has 2 unspecified atom stereocenters. The maximum atomic E-state index is 15.4. The molecule has 1 spiro atoms. The number of nitrogens with one attached hydrogen (secondary N) is 1. The van der Waals surface area contributed by atoms with Crippen LogP contribution < -0.4 is 5.32 Å². The second-order valence-corrected chi connectivity index (χ2v) is 10.8. The Morgan fingerprint density at radius 1 is 1.14 bits per heavy atom. The van der Waals surface area contributed by atoms with Gasteiger partial charge in [-0.05, 0) is 57.9 Å². The Kier molecular flexibility index (Phi) is 7.27. The van der Waals surface area contributed by atoms with Crippen LogP contribution in [-0.2, 0) is 14.2 Å². The Labute approximate surface area is 205 Å². The summed E-state index contributed by atoms with van der Waals surface area (Å²) in [4.78, 5) is 26.5. The molecule has 2 heterocycles. The van der Waals surface area contributed by atoms with Gasteiger partial charge in [-0.1, -0.05) is 30.3 Å². The highest BCUT2D eigenvalue weighted by atomic mass is 19.3. The molecule has 194 valence electrons. The number of halogens is 2. The quantitative estimate of drug-likeness (QED) is 0.619. The van der Waals surface area contributed by atoms with Gasteiger partial charge in [-0.15, -0.1) is 0 Å². The van der Waals surface area contributed by atoms with Crippen molar-refractivity contribution >= 4 is 12.2 Å². The first kappa shape index (κ1) is 25.7. The lowest BCUT2D eigenvalue weighted by molar-refractivity contribution is -0.182. The largest absolute Gasteiger partial charge is 0.449 e. The monoisotopic (exact) mass is 494 g/mol. The summed E-state index contributed by atoms with van der Waals surface area (Å²) in [6.45, 7) is 4.73. The molecule has 1 N–H and O–H groups in total. The lowest BCUT2D eigenvalue weighted by Gasteiger charge is -2.54. The van der Waals surface area contributed by atoms with Crippen molar-refractivity contribution in [3.63, 3.8) is 0 Å². The summed E-state index contributed by atoms with van der Waals surface area (Å²) < 4.78 is 47.5. The Morgan fingerprint density at radius 2 is 1.83 bits per heavy atom. The van der Waals surface area contributed by atoms with Crippen molar-refractivity contribution in [2.75, 3.05) is 19.8 Å². The van der Waals surface area contributed by atoms with Crippen LogP contribution in [0.3, 0.4) is 0 Å². The molecule has 1 saturated carbocycles. The van der Waals surface area contributed by atoms with Gasteiger partial charge in [0, 0.05) is 19.4 Å². The first-order valence-electron chi connectivity index (χ1n) is 12.5. The van der Waals surface area contributed by atoms with Gasteiger partial charge in [0.25, 0.3) is 5.92 Å². The van der Waals surface area contributed by atoms with Crippen molar-refractivity contribution in [3.05, 3.63) is 35.9 Å². The fourth-order valence-corrected chi connectivity index (χ4v) is 5.55. The first-order chi connectivity index (χ1) is 16.5. The van der Waals surface area contributed by atoms with Gasteiger partial charge in [0.1, 0.15) is 11.1 Å². The summed E-state index contributed by atoms with van der Waals surface area (Å²) in [6, 6.07) is 9.25. The summed E-state index contributed by atoms with van der Waals surface area (Å²) in [5, 5.41) is 2.40. The number of likely N-dealkylation sites (tertiary alicyclic amines) is 1. The number of benzene rings is 1. The maximum absolute atomic E-state index is 15.4. The number of carbonyl (C=O) groups excluding carboxylic acids is 2. The Balaban J connectivity index is 1.50. The van der Waals surface area contributed by atoms with Crippen LogP contribution in [0.4, 0.5) is 18.4 Å². The average Bonchev–Trinajstić information content (AvgIpc) is 2.80. The first-order valence-corrected chi connectivity index (χ1v) is 12.5. The number of cyclic esters (lactones) is 1. The number of hydrogen-bond donors (Lipinski definition) is 1. The summed E-state index contributed by atoms with van der Waals surface area (Å²) in [5.41, 5.74) is -1.46. The van der Waals surface area contributed by atoms with E-state index < -0.39 is 41.7 Å². The summed E-state index contributed by atoms with van der Waals surface area (Å²) >= 11 is 0. The molecule has 2 saturated heterocycles. The van der Waals surface area contributed by atoms with E-state index in [2.05, 4.69) is 17.4 Å². The van der Waals surface area contributed by atoms with Gasteiger partial charge in [0.2, 0.25) is 0 Å². The highest BCUT2D eigenvalue weighted by molar-refractivity contribution is 5.72. The van der Waals surface area contributed by atoms with Gasteiger partial charge < -0.3 is 24.4 Å². The van der Waals surface area contributed by atoms with Crippen molar-refractivity contribution in [3.8, 4) is 0 Å². The molecule has 3 fully saturated rings. The molecule has 35 heavy (non-hydrogen) atoms. The number of rotatable bonds is 4. The summed E-state index contributed by atoms with van der Waals surface area (Å²) in [5.74, 6) is -2.78. The fraction of sp³-hybridized carbons (Fsp3) is 0.692. The molecule has 2 aliphatic heterocycles. The average molecular weight is 495 g/mol. The molecule has 1 aromatic carbocycles. The van der Waals surface area contributed by atoms with Gasteiger partial charge >= 0.3 is 12.2 Å². The van der Waals surface area contributed by atoms with Crippen LogP contribution in [0.1, 0.15) is 70.8 Å². The van der Waals surface area contributed by atoms with Gasteiger partial charge in [-0.3, -0.25) is 0 Å². The van der Waals surface area contributed by atoms with Crippen molar-refractivity contribution in [1.82, 2.24) is 10.2 Å². The van der Waals surface area contributed by atoms with Crippen LogP contribution in [0.15, 0.2) is 30.3 Å². The number of amides is 2. The molecule has 2 atom stereocenters. The topological polar surface area (TPSA) is 77.1 Å². The molecule has 7 nitrogen and oxygen atoms in total. The van der Waals surface area contributed by atoms with E-state index in [1.165, 1.54) is 10.5 Å². The molecular weight excluding hydrogens is 458 g/mol. The normalized spacial score (nSPS) is 30.9. The van der Waals surface area contributed by atoms with Gasteiger partial charge in [0.05, 0.1) is 25.4 Å². The van der Waals surface area contributed by atoms with Gasteiger partial charge in [-0.2, -0.15) is 0 Å². The van der Waals surface area contributed by atoms with E-state index >= 15 is 8.78 Å². The van der Waals surface area contributed by atoms with Crippen LogP contribution in [0.5, 0.6) is 0 Å². The third-order valence-electron chi connectivity index (χ3n) is 7.38. The maximum Gasteiger partial charge on any atom is 0.410 e. The molecule has 1 aliphatic carbocycles. The molecule has 3 aliphatic rings. The summed E-state index contributed by atoms with van der Waals surface area (Å²) in [7, 11) is 0. The van der Waals surface area contributed by atoms with Crippen LogP contribution in [0.2, 0.25) is 0 Å². The zero-order chi connectivity index (χ0) is 25.3. The van der Waals surface area contributed by atoms with E-state index in [0.29, 0.717) is 5.92 Å². The summed E-state index contributed by atoms with van der Waals surface area (Å²) in [6.07, 6.45) is 1.10. The Morgan fingerprint density at radius 3 is 2.46 bits per heavy atom. The number of ether oxygens (including phenoxy) is 3. The lowest BCUT2D eigenvalue weighted by Crippen LogP contribution is -2.77. The Bertz CT molecular complexity index is 899. The van der Waals surface area contributed by atoms with E-state index in [9.17, 15) is 9.59 Å². The van der Waals surface area contributed by atoms with E-state index in [0.717, 1.165) is 25.7 Å². The second-order valence-electron chi connectivity index (χ2n) is 10.8. The van der Waals surface area contributed by atoms with Crippen molar-refractivity contribution in [2.45, 2.75) is 94.4 Å². The molecule has 0 radical (unpaired) electrons. The van der Waals surface area contributed by atoms with Crippen molar-refractivity contribution in [2.24, 2.45) is 0 Å². The molecular formula is C26H36F2N2O5. The number of alkyl carbamates (subject to hydrolysis) is 1. The predicted octanol–water partition coefficient (Wildman–Crippen LogP) is 5.24. The van der Waals surface area contributed by atoms with E-state index in [4.69, 9.17) is 14.2 Å². The minimum Gasteiger partial charge on any atom is -0.449 e. The van der Waals surface area contributed by atoms with E-state index in [1.54, 1.807) is 20.8 Å². The zero-order valence-electron chi connectivity index (χ0n) is 20.7. The standard InChI is InChI=1S/C26H36F2N2O5/c1-24(2,3)35-23(32)30-15-13-26(27,28)25(14-16-33-22(31)29-25)21(30)17-34-20-11-9-19(10-12-20)18-7-5-4-6-8-18/h4-8,19-21H,9-17H2,1-3H3,(H,29,31). The molecule has 1 aromatic rings. The highest BCUT2D eigenvalue weighted by Gasteiger charge is 2.65. The van der Waals surface area contributed by atoms with Crippen LogP contribution in [0, 0.1) is 0 Å². The number of hydrogen-bond acceptors (Lipinski definition) is 5. The third-order valence-corrected chi connectivity index (χ3v) is 7.38. The van der Waals surface area contributed by atoms with Gasteiger partial charge in [-0.25, -0.2) is 18.4 Å². The van der Waals surface area contributed by atoms with Gasteiger partial charge in [0.15, 0.2) is 0 Å². The minimum absolute atomic E-state index is 0.0985. The minimum atomic E-state index is -3.23. The van der Waals surface area contributed by atoms with Crippen LogP contribution in [-0.4, -0.2) is 66.1 Å². The zero-order valence-corrected chi connectivity index (χ0v) is 20.7. The van der Waals surface area contributed by atoms with E-state index in [-0.39, 0.29) is 32.3 Å². The number of nitrogens with zero attached hydrogens (tertiary/aromatic N) is 1. The SMILES string of the molecule is CC(C)(C)OC(=O)N1CCC(F)(F)C2(CCOC(=O)N2)C1COC1CCC(c2ccccc2)CC1. The lowest BCUT2D eigenvalue weighted by atomic mass is 9.75. The second kappa shape index (κ2) is 9.91. The van der Waals surface area contributed by atoms with Crippen molar-refractivity contribution < 1.29 is 32.6 Å². The van der Waals surface area contributed by atoms with Crippen LogP contribution >= 0.6 is 0 Å². The smallest absolute Gasteiger partial charge is 0.410 e. The number of piperidine rings is 1. The Hall–Kier alpha value is -2.42. The molecule has 9 heteroatoms. The van der Waals surface area contributed by atoms with Crippen LogP contribution in [0.25, 0.3) is 0 Å².